The minimum atomic E-state index is -0.0449. The normalized spacial score (nSPS) is 36.9. The number of nitrogens with zero attached hydrogens (tertiary/aromatic N) is 1. The van der Waals surface area contributed by atoms with E-state index < -0.39 is 0 Å². The number of carbonyl (C=O) groups is 1. The first-order valence-corrected chi connectivity index (χ1v) is 11.3. The van der Waals surface area contributed by atoms with Gasteiger partial charge in [-0.1, -0.05) is 0 Å². The molecule has 1 aromatic carbocycles. The summed E-state index contributed by atoms with van der Waals surface area (Å²) >= 11 is 0. The van der Waals surface area contributed by atoms with E-state index in [1.165, 1.54) is 24.8 Å². The van der Waals surface area contributed by atoms with Gasteiger partial charge in [0, 0.05) is 30.0 Å². The molecule has 6 aliphatic rings. The number of rotatable bonds is 4. The molecular formula is C24H31NO4. The van der Waals surface area contributed by atoms with Crippen molar-refractivity contribution in [2.75, 3.05) is 27.5 Å². The first-order valence-electron chi connectivity index (χ1n) is 11.3. The third kappa shape index (κ3) is 2.66. The average molecular weight is 398 g/mol. The summed E-state index contributed by atoms with van der Waals surface area (Å²) in [6.07, 6.45) is 9.06. The molecule has 4 bridgehead atoms. The summed E-state index contributed by atoms with van der Waals surface area (Å²) in [6.45, 7) is 1.19. The smallest absolute Gasteiger partial charge is 0.231 e. The largest absolute Gasteiger partial charge is 0.492 e. The first-order chi connectivity index (χ1) is 14.1. The van der Waals surface area contributed by atoms with Gasteiger partial charge in [0.1, 0.15) is 5.78 Å². The van der Waals surface area contributed by atoms with Crippen LogP contribution in [0.5, 0.6) is 17.2 Å². The summed E-state index contributed by atoms with van der Waals surface area (Å²) in [6, 6.07) is 2.17. The Bertz CT molecular complexity index is 828. The molecule has 0 N–H and O–H groups in total. The van der Waals surface area contributed by atoms with Gasteiger partial charge in [-0.05, 0) is 81.4 Å². The third-order valence-corrected chi connectivity index (χ3v) is 8.56. The number of methoxy groups -OCH3 is 1. The van der Waals surface area contributed by atoms with Crippen molar-refractivity contribution in [3.05, 3.63) is 17.2 Å². The lowest BCUT2D eigenvalue weighted by molar-refractivity contribution is -0.145. The maximum absolute atomic E-state index is 13.8. The van der Waals surface area contributed by atoms with Crippen LogP contribution in [0, 0.1) is 23.2 Å². The molecule has 0 radical (unpaired) electrons. The Morgan fingerprint density at radius 2 is 1.86 bits per heavy atom. The molecule has 0 amide bonds. The van der Waals surface area contributed by atoms with Crippen LogP contribution in [-0.4, -0.2) is 38.2 Å². The quantitative estimate of drug-likeness (QED) is 0.765. The minimum Gasteiger partial charge on any atom is -0.492 e. The van der Waals surface area contributed by atoms with E-state index in [9.17, 15) is 4.79 Å². The highest BCUT2D eigenvalue weighted by atomic mass is 16.7. The van der Waals surface area contributed by atoms with Crippen molar-refractivity contribution in [3.63, 3.8) is 0 Å². The number of benzene rings is 1. The number of fused-ring (bicyclic) bond motifs is 2. The Morgan fingerprint density at radius 3 is 2.52 bits per heavy atom. The minimum absolute atomic E-state index is 0.0449. The Morgan fingerprint density at radius 1 is 1.17 bits per heavy atom. The Labute approximate surface area is 172 Å². The second-order valence-corrected chi connectivity index (χ2v) is 10.3. The second kappa shape index (κ2) is 6.37. The van der Waals surface area contributed by atoms with Crippen LogP contribution in [0.3, 0.4) is 0 Å². The van der Waals surface area contributed by atoms with Gasteiger partial charge in [-0.3, -0.25) is 9.69 Å². The number of ether oxygens (including phenoxy) is 3. The molecular weight excluding hydrogens is 366 g/mol. The Balaban J connectivity index is 1.35. The zero-order valence-electron chi connectivity index (χ0n) is 17.5. The molecule has 2 heterocycles. The number of Topliss-reactive ketones (excluding diaryl/α,β-unsaturated/α-hetero) is 1. The van der Waals surface area contributed by atoms with Crippen molar-refractivity contribution in [1.29, 1.82) is 0 Å². The van der Waals surface area contributed by atoms with E-state index in [0.717, 1.165) is 67.0 Å². The maximum Gasteiger partial charge on any atom is 0.231 e. The van der Waals surface area contributed by atoms with Crippen LogP contribution >= 0.6 is 0 Å². The zero-order valence-corrected chi connectivity index (χ0v) is 17.5. The van der Waals surface area contributed by atoms with E-state index in [2.05, 4.69) is 18.0 Å². The van der Waals surface area contributed by atoms with Crippen LogP contribution < -0.4 is 14.2 Å². The van der Waals surface area contributed by atoms with Crippen LogP contribution in [0.25, 0.3) is 0 Å². The molecule has 4 aliphatic carbocycles. The van der Waals surface area contributed by atoms with Crippen molar-refractivity contribution < 1.29 is 19.0 Å². The van der Waals surface area contributed by atoms with E-state index in [1.807, 2.05) is 0 Å². The zero-order chi connectivity index (χ0) is 19.8. The van der Waals surface area contributed by atoms with E-state index in [4.69, 9.17) is 14.2 Å². The highest BCUT2D eigenvalue weighted by Gasteiger charge is 2.54. The molecule has 5 nitrogen and oxygen atoms in total. The molecule has 0 aromatic heterocycles. The van der Waals surface area contributed by atoms with E-state index in [1.54, 1.807) is 7.11 Å². The monoisotopic (exact) mass is 397 g/mol. The molecule has 0 unspecified atom stereocenters. The fraction of sp³-hybridized carbons (Fsp3) is 0.708. The second-order valence-electron chi connectivity index (χ2n) is 10.3. The van der Waals surface area contributed by atoms with Crippen molar-refractivity contribution in [2.45, 2.75) is 57.4 Å². The summed E-state index contributed by atoms with van der Waals surface area (Å²) in [5.74, 6) is 5.13. The first kappa shape index (κ1) is 18.1. The predicted octanol–water partition coefficient (Wildman–Crippen LogP) is 4.13. The fourth-order valence-electron chi connectivity index (χ4n) is 7.63. The summed E-state index contributed by atoms with van der Waals surface area (Å²) in [7, 11) is 3.84. The van der Waals surface area contributed by atoms with E-state index in [0.29, 0.717) is 18.0 Å². The molecule has 0 saturated heterocycles. The highest BCUT2D eigenvalue weighted by Crippen LogP contribution is 2.61. The van der Waals surface area contributed by atoms with Crippen molar-refractivity contribution >= 4 is 5.78 Å². The lowest BCUT2D eigenvalue weighted by Crippen LogP contribution is -2.50. The third-order valence-electron chi connectivity index (χ3n) is 8.56. The summed E-state index contributed by atoms with van der Waals surface area (Å²) in [5, 5.41) is 0. The summed E-state index contributed by atoms with van der Waals surface area (Å²) < 4.78 is 17.2. The number of hydrogen-bond donors (Lipinski definition) is 0. The van der Waals surface area contributed by atoms with Gasteiger partial charge in [0.2, 0.25) is 12.5 Å². The molecule has 0 spiro atoms. The van der Waals surface area contributed by atoms with Gasteiger partial charge < -0.3 is 14.2 Å². The Hall–Kier alpha value is -1.75. The maximum atomic E-state index is 13.8. The number of hydrogen-bond acceptors (Lipinski definition) is 5. The van der Waals surface area contributed by atoms with Crippen molar-refractivity contribution in [3.8, 4) is 17.2 Å². The van der Waals surface area contributed by atoms with Crippen LogP contribution in [0.15, 0.2) is 6.07 Å². The van der Waals surface area contributed by atoms with Gasteiger partial charge in [-0.15, -0.1) is 0 Å². The van der Waals surface area contributed by atoms with E-state index in [-0.39, 0.29) is 18.2 Å². The molecule has 29 heavy (non-hydrogen) atoms. The molecule has 2 aliphatic heterocycles. The van der Waals surface area contributed by atoms with Crippen molar-refractivity contribution in [1.82, 2.24) is 4.90 Å². The topological polar surface area (TPSA) is 48.0 Å². The van der Waals surface area contributed by atoms with E-state index >= 15 is 0 Å². The van der Waals surface area contributed by atoms with Crippen LogP contribution in [0.2, 0.25) is 0 Å². The van der Waals surface area contributed by atoms with Crippen LogP contribution in [0.1, 0.15) is 62.1 Å². The van der Waals surface area contributed by atoms with Gasteiger partial charge in [0.15, 0.2) is 11.5 Å². The van der Waals surface area contributed by atoms with Gasteiger partial charge in [-0.2, -0.15) is 0 Å². The van der Waals surface area contributed by atoms with Crippen LogP contribution in [0.4, 0.5) is 0 Å². The lowest BCUT2D eigenvalue weighted by Gasteiger charge is -2.56. The fourth-order valence-corrected chi connectivity index (χ4v) is 7.63. The molecule has 5 heteroatoms. The molecule has 7 rings (SSSR count). The van der Waals surface area contributed by atoms with Crippen LogP contribution in [-0.2, 0) is 11.2 Å². The summed E-state index contributed by atoms with van der Waals surface area (Å²) in [5.41, 5.74) is 2.34. The molecule has 1 atom stereocenters. The molecule has 4 fully saturated rings. The van der Waals surface area contributed by atoms with Gasteiger partial charge >= 0.3 is 0 Å². The Kier molecular flexibility index (Phi) is 3.97. The number of ketones is 1. The van der Waals surface area contributed by atoms with Gasteiger partial charge in [0.25, 0.3) is 0 Å². The van der Waals surface area contributed by atoms with Gasteiger partial charge in [0.05, 0.1) is 7.11 Å². The number of likely N-dealkylation sites (N-methyl/N-ethyl adjacent to an activating group) is 1. The van der Waals surface area contributed by atoms with Crippen molar-refractivity contribution in [2.24, 2.45) is 23.2 Å². The average Bonchev–Trinajstić information content (AvgIpc) is 3.15. The van der Waals surface area contributed by atoms with Gasteiger partial charge in [-0.25, -0.2) is 0 Å². The SMILES string of the molecule is COc1c2c(cc3c1[C@@H](CC(=O)C14CC5CC(CC(C5)C1)C4)N(C)CC3)OCO2. The highest BCUT2D eigenvalue weighted by molar-refractivity contribution is 5.86. The summed E-state index contributed by atoms with van der Waals surface area (Å²) in [4.78, 5) is 16.2. The molecule has 4 saturated carbocycles. The predicted molar refractivity (Wildman–Crippen MR) is 108 cm³/mol. The number of carbonyl (C=O) groups excluding carboxylic acids is 1. The molecule has 1 aromatic rings. The standard InChI is InChI=1S/C24H31NO4/c1-25-4-3-17-8-19-22(29-13-28-19)23(27-2)21(17)18(25)9-20(26)24-10-14-5-15(11-24)7-16(6-14)12-24/h8,14-16,18H,3-7,9-13H2,1-2H3/t14?,15?,16?,18-,24?/m1/s1. The lowest BCUT2D eigenvalue weighted by atomic mass is 9.48. The molecule has 156 valence electrons.